The molecule has 1 unspecified atom stereocenters. The van der Waals surface area contributed by atoms with E-state index in [-0.39, 0.29) is 0 Å². The molecular weight excluding hydrogens is 364 g/mol. The number of hydrogen-bond acceptors (Lipinski definition) is 6. The Morgan fingerprint density at radius 3 is 1.41 bits per heavy atom. The Balaban J connectivity index is 0. The van der Waals surface area contributed by atoms with E-state index in [1.165, 1.54) is 38.5 Å². The Morgan fingerprint density at radius 1 is 0.667 bits per heavy atom. The van der Waals surface area contributed by atoms with Crippen LogP contribution in [0.15, 0.2) is 0 Å². The van der Waals surface area contributed by atoms with Crippen LogP contribution >= 0.6 is 0 Å². The second-order valence-corrected chi connectivity index (χ2v) is 9.82. The van der Waals surface area contributed by atoms with Gasteiger partial charge in [0.25, 0.3) is 5.97 Å². The zero-order valence-electron chi connectivity index (χ0n) is 19.4. The third-order valence-electron chi connectivity index (χ3n) is 5.12. The van der Waals surface area contributed by atoms with E-state index < -0.39 is 14.8 Å². The van der Waals surface area contributed by atoms with Crippen molar-refractivity contribution in [2.45, 2.75) is 84.2 Å². The monoisotopic (exact) mass is 410 g/mol. The molecule has 0 saturated heterocycles. The summed E-state index contributed by atoms with van der Waals surface area (Å²) in [6, 6.07) is 0.816. The lowest BCUT2D eigenvalue weighted by molar-refractivity contribution is -0.380. The SMILES string of the molecule is CCCCCCCCC(CC)C(OC)(OC)OC.CC[Si](OC)(OC)OC. The molecule has 0 fully saturated rings. The number of ether oxygens (including phenoxy) is 3. The van der Waals surface area contributed by atoms with Crippen molar-refractivity contribution >= 4 is 8.80 Å². The lowest BCUT2D eigenvalue weighted by atomic mass is 9.95. The van der Waals surface area contributed by atoms with Crippen molar-refractivity contribution in [3.05, 3.63) is 0 Å². The number of unbranched alkanes of at least 4 members (excludes halogenated alkanes) is 5. The van der Waals surface area contributed by atoms with Gasteiger partial charge in [-0.15, -0.1) is 0 Å². The summed E-state index contributed by atoms with van der Waals surface area (Å²) in [7, 11) is 7.60. The van der Waals surface area contributed by atoms with E-state index in [4.69, 9.17) is 27.5 Å². The summed E-state index contributed by atoms with van der Waals surface area (Å²) in [5, 5.41) is 0. The van der Waals surface area contributed by atoms with Crippen LogP contribution in [0.2, 0.25) is 6.04 Å². The minimum atomic E-state index is -2.19. The van der Waals surface area contributed by atoms with Gasteiger partial charge in [-0.25, -0.2) is 0 Å². The first-order valence-corrected chi connectivity index (χ1v) is 12.2. The molecule has 0 spiro atoms. The van der Waals surface area contributed by atoms with Gasteiger partial charge in [0.15, 0.2) is 0 Å². The molecule has 0 rings (SSSR count). The van der Waals surface area contributed by atoms with Crippen LogP contribution in [0.4, 0.5) is 0 Å². The van der Waals surface area contributed by atoms with Crippen molar-refractivity contribution in [3.8, 4) is 0 Å². The van der Waals surface area contributed by atoms with Crippen molar-refractivity contribution in [1.82, 2.24) is 0 Å². The normalized spacial score (nSPS) is 13.2. The summed E-state index contributed by atoms with van der Waals surface area (Å²) >= 11 is 0. The highest BCUT2D eigenvalue weighted by atomic mass is 28.4. The molecule has 0 aliphatic heterocycles. The molecule has 0 heterocycles. The van der Waals surface area contributed by atoms with E-state index in [2.05, 4.69) is 13.8 Å². The molecule has 7 heteroatoms. The van der Waals surface area contributed by atoms with E-state index in [1.807, 2.05) is 6.92 Å². The molecule has 1 atom stereocenters. The molecule has 166 valence electrons. The molecule has 0 bridgehead atoms. The highest BCUT2D eigenvalue weighted by Crippen LogP contribution is 2.31. The summed E-state index contributed by atoms with van der Waals surface area (Å²) in [6.07, 6.45) is 9.97. The number of methoxy groups -OCH3 is 3. The minimum absolute atomic E-state index is 0.295. The quantitative estimate of drug-likeness (QED) is 0.197. The summed E-state index contributed by atoms with van der Waals surface area (Å²) in [6.45, 7) is 6.40. The van der Waals surface area contributed by atoms with Crippen molar-refractivity contribution < 1.29 is 27.5 Å². The van der Waals surface area contributed by atoms with E-state index in [1.54, 1.807) is 42.7 Å². The fraction of sp³-hybridized carbons (Fsp3) is 1.00. The third kappa shape index (κ3) is 10.9. The van der Waals surface area contributed by atoms with Crippen LogP contribution < -0.4 is 0 Å². The highest BCUT2D eigenvalue weighted by Gasteiger charge is 2.38. The molecule has 0 amide bonds. The molecule has 0 aromatic rings. The van der Waals surface area contributed by atoms with Crippen LogP contribution in [0, 0.1) is 5.92 Å². The molecule has 0 aromatic carbocycles. The summed E-state index contributed by atoms with van der Waals surface area (Å²) in [4.78, 5) is 0. The van der Waals surface area contributed by atoms with Crippen molar-refractivity contribution in [3.63, 3.8) is 0 Å². The average molecular weight is 411 g/mol. The zero-order chi connectivity index (χ0) is 21.2. The Kier molecular flexibility index (Phi) is 19.5. The van der Waals surface area contributed by atoms with Gasteiger partial charge >= 0.3 is 8.80 Å². The first-order valence-electron chi connectivity index (χ1n) is 10.3. The lowest BCUT2D eigenvalue weighted by Crippen LogP contribution is -2.43. The van der Waals surface area contributed by atoms with Gasteiger partial charge in [0.1, 0.15) is 0 Å². The van der Waals surface area contributed by atoms with Gasteiger partial charge in [-0.2, -0.15) is 0 Å². The Morgan fingerprint density at radius 2 is 1.11 bits per heavy atom. The molecule has 0 aromatic heterocycles. The van der Waals surface area contributed by atoms with Crippen LogP contribution in [0.5, 0.6) is 0 Å². The van der Waals surface area contributed by atoms with E-state index in [0.717, 1.165) is 18.9 Å². The van der Waals surface area contributed by atoms with Crippen molar-refractivity contribution in [2.24, 2.45) is 5.92 Å². The molecular formula is C20H46O6Si. The fourth-order valence-electron chi connectivity index (χ4n) is 3.23. The van der Waals surface area contributed by atoms with Crippen LogP contribution in [0.1, 0.15) is 72.1 Å². The largest absolute Gasteiger partial charge is 0.499 e. The minimum Gasteiger partial charge on any atom is -0.377 e. The van der Waals surface area contributed by atoms with Gasteiger partial charge in [-0.05, 0) is 12.8 Å². The van der Waals surface area contributed by atoms with Crippen molar-refractivity contribution in [2.75, 3.05) is 42.7 Å². The number of hydrogen-bond donors (Lipinski definition) is 0. The number of rotatable bonds is 16. The van der Waals surface area contributed by atoms with Gasteiger partial charge in [-0.3, -0.25) is 0 Å². The van der Waals surface area contributed by atoms with Gasteiger partial charge < -0.3 is 27.5 Å². The van der Waals surface area contributed by atoms with Gasteiger partial charge in [0.05, 0.1) is 0 Å². The van der Waals surface area contributed by atoms with Crippen LogP contribution in [-0.4, -0.2) is 57.4 Å². The standard InChI is InChI=1S/C15H32O3.C5H14O3Si/c1-6-8-9-10-11-12-13-14(7-2)15(16-3,17-4)18-5;1-5-9(6-2,7-3)8-4/h14H,6-13H2,1-5H3;5H2,1-4H3. The summed E-state index contributed by atoms with van der Waals surface area (Å²) in [5.41, 5.74) is 0. The van der Waals surface area contributed by atoms with E-state index in [9.17, 15) is 0 Å². The predicted molar refractivity (Wildman–Crippen MR) is 113 cm³/mol. The second-order valence-electron chi connectivity index (χ2n) is 6.53. The predicted octanol–water partition coefficient (Wildman–Crippen LogP) is 5.24. The summed E-state index contributed by atoms with van der Waals surface area (Å²) in [5.74, 6) is -0.568. The van der Waals surface area contributed by atoms with Crippen LogP contribution in [0.3, 0.4) is 0 Å². The van der Waals surface area contributed by atoms with E-state index >= 15 is 0 Å². The zero-order valence-corrected chi connectivity index (χ0v) is 20.4. The van der Waals surface area contributed by atoms with Crippen molar-refractivity contribution in [1.29, 1.82) is 0 Å². The Hall–Kier alpha value is -0.0231. The maximum absolute atomic E-state index is 5.44. The van der Waals surface area contributed by atoms with Gasteiger partial charge in [0, 0.05) is 54.6 Å². The smallest absolute Gasteiger partial charge is 0.377 e. The van der Waals surface area contributed by atoms with Gasteiger partial charge in [0.2, 0.25) is 0 Å². The molecule has 0 aliphatic rings. The van der Waals surface area contributed by atoms with Gasteiger partial charge in [-0.1, -0.05) is 59.3 Å². The first kappa shape index (κ1) is 29.2. The molecule has 0 radical (unpaired) electrons. The summed E-state index contributed by atoms with van der Waals surface area (Å²) < 4.78 is 31.6. The third-order valence-corrected chi connectivity index (χ3v) is 7.85. The topological polar surface area (TPSA) is 55.4 Å². The maximum atomic E-state index is 5.44. The molecule has 0 N–H and O–H groups in total. The molecule has 6 nitrogen and oxygen atoms in total. The molecule has 27 heavy (non-hydrogen) atoms. The lowest BCUT2D eigenvalue weighted by Gasteiger charge is -2.36. The fourth-order valence-corrected chi connectivity index (χ4v) is 4.60. The highest BCUT2D eigenvalue weighted by molar-refractivity contribution is 6.60. The maximum Gasteiger partial charge on any atom is 0.499 e. The molecule has 0 saturated carbocycles. The Bertz CT molecular complexity index is 283. The average Bonchev–Trinajstić information content (AvgIpc) is 2.73. The van der Waals surface area contributed by atoms with Crippen LogP contribution in [0.25, 0.3) is 0 Å². The molecule has 0 aliphatic carbocycles. The van der Waals surface area contributed by atoms with Crippen LogP contribution in [-0.2, 0) is 27.5 Å². The Labute approximate surface area is 169 Å². The van der Waals surface area contributed by atoms with E-state index in [0.29, 0.717) is 5.92 Å². The second kappa shape index (κ2) is 18.0. The first-order chi connectivity index (χ1) is 12.9.